The second-order valence-corrected chi connectivity index (χ2v) is 16.2. The first-order chi connectivity index (χ1) is 27.6. The van der Waals surface area contributed by atoms with Gasteiger partial charge in [0.1, 0.15) is 48.8 Å². The number of carbonyl (C=O) groups is 1. The van der Waals surface area contributed by atoms with Gasteiger partial charge in [-0.2, -0.15) is 0 Å². The topological polar surface area (TPSA) is 228 Å². The molecule has 12 atom stereocenters. The lowest BCUT2D eigenvalue weighted by molar-refractivity contribution is -0.359. The standard InChI is InChI=1S/C43H81NO13/c1-3-5-7-9-11-13-14-15-16-17-19-21-23-25-27-35(48)44-31(32(47)26-24-22-20-18-12-10-8-6-4-2)30-54-42-40(53)38(51)41(34(29-46)56-42)57-43-39(52)37(50)36(49)33(28-45)55-43/h24,26,31-34,36-43,45-47,49-53H,3-23,25,27-30H2,1-2H3,(H,44,48)/b26-24+. The molecule has 2 aliphatic heterocycles. The molecule has 14 heteroatoms. The Kier molecular flexibility index (Phi) is 28.7. The number of hydrogen-bond donors (Lipinski definition) is 9. The van der Waals surface area contributed by atoms with E-state index in [4.69, 9.17) is 18.9 Å². The van der Waals surface area contributed by atoms with Gasteiger partial charge >= 0.3 is 0 Å². The number of aliphatic hydroxyl groups excluding tert-OH is 8. The lowest BCUT2D eigenvalue weighted by atomic mass is 9.97. The Bertz CT molecular complexity index is 1020. The van der Waals surface area contributed by atoms with E-state index in [9.17, 15) is 45.6 Å². The summed E-state index contributed by atoms with van der Waals surface area (Å²) in [5.41, 5.74) is 0. The lowest BCUT2D eigenvalue weighted by Gasteiger charge is -2.46. The summed E-state index contributed by atoms with van der Waals surface area (Å²) in [5.74, 6) is -0.242. The molecule has 1 amide bonds. The SMILES string of the molecule is CCCCCCCCC/C=C/C(O)C(COC1OC(CO)C(OC2OC(CO)C(O)C(O)C2O)C(O)C1O)NC(=O)CCCCCCCCCCCCCCCC. The second kappa shape index (κ2) is 31.6. The van der Waals surface area contributed by atoms with Gasteiger partial charge in [0, 0.05) is 6.42 Å². The van der Waals surface area contributed by atoms with Crippen LogP contribution in [0.25, 0.3) is 0 Å². The average Bonchev–Trinajstić information content (AvgIpc) is 3.21. The van der Waals surface area contributed by atoms with E-state index >= 15 is 0 Å². The van der Waals surface area contributed by atoms with Crippen molar-refractivity contribution in [3.05, 3.63) is 12.2 Å². The highest BCUT2D eigenvalue weighted by Crippen LogP contribution is 2.30. The van der Waals surface area contributed by atoms with Crippen LogP contribution >= 0.6 is 0 Å². The maximum atomic E-state index is 13.1. The van der Waals surface area contributed by atoms with Gasteiger partial charge in [0.2, 0.25) is 5.91 Å². The Balaban J connectivity index is 1.89. The number of carbonyl (C=O) groups excluding carboxylic acids is 1. The molecule has 0 bridgehead atoms. The minimum atomic E-state index is -1.78. The predicted molar refractivity (Wildman–Crippen MR) is 217 cm³/mol. The largest absolute Gasteiger partial charge is 0.394 e. The maximum absolute atomic E-state index is 13.1. The number of hydrogen-bond acceptors (Lipinski definition) is 13. The number of amides is 1. The molecule has 0 saturated carbocycles. The Morgan fingerprint density at radius 3 is 1.61 bits per heavy atom. The van der Waals surface area contributed by atoms with Crippen molar-refractivity contribution < 1.29 is 64.6 Å². The molecule has 2 aliphatic rings. The molecule has 0 aromatic heterocycles. The van der Waals surface area contributed by atoms with Crippen molar-refractivity contribution in [3.63, 3.8) is 0 Å². The number of allylic oxidation sites excluding steroid dienone is 1. The Morgan fingerprint density at radius 2 is 1.09 bits per heavy atom. The van der Waals surface area contributed by atoms with Crippen LogP contribution in [0, 0.1) is 0 Å². The summed E-state index contributed by atoms with van der Waals surface area (Å²) in [6, 6.07) is -0.905. The summed E-state index contributed by atoms with van der Waals surface area (Å²) in [5, 5.41) is 86.2. The number of rotatable bonds is 33. The third-order valence-electron chi connectivity index (χ3n) is 11.2. The molecule has 14 nitrogen and oxygen atoms in total. The van der Waals surface area contributed by atoms with Crippen LogP contribution in [0.2, 0.25) is 0 Å². The molecule has 2 saturated heterocycles. The van der Waals surface area contributed by atoms with E-state index in [1.165, 1.54) is 96.3 Å². The highest BCUT2D eigenvalue weighted by atomic mass is 16.7. The molecular weight excluding hydrogens is 738 g/mol. The van der Waals surface area contributed by atoms with Crippen LogP contribution in [0.15, 0.2) is 12.2 Å². The first-order valence-corrected chi connectivity index (χ1v) is 22.4. The quantitative estimate of drug-likeness (QED) is 0.0337. The number of aliphatic hydroxyl groups is 8. The van der Waals surface area contributed by atoms with Crippen molar-refractivity contribution in [2.75, 3.05) is 19.8 Å². The van der Waals surface area contributed by atoms with E-state index in [-0.39, 0.29) is 18.9 Å². The van der Waals surface area contributed by atoms with E-state index in [1.807, 2.05) is 6.08 Å². The van der Waals surface area contributed by atoms with Crippen molar-refractivity contribution in [1.29, 1.82) is 0 Å². The van der Waals surface area contributed by atoms with Crippen LogP contribution in [0.1, 0.15) is 162 Å². The molecule has 0 aromatic rings. The van der Waals surface area contributed by atoms with Crippen molar-refractivity contribution in [2.24, 2.45) is 0 Å². The average molecular weight is 820 g/mol. The fourth-order valence-electron chi connectivity index (χ4n) is 7.47. The van der Waals surface area contributed by atoms with E-state index in [0.717, 1.165) is 38.5 Å². The van der Waals surface area contributed by atoms with Crippen molar-refractivity contribution in [3.8, 4) is 0 Å². The van der Waals surface area contributed by atoms with Crippen LogP contribution < -0.4 is 5.32 Å². The molecule has 57 heavy (non-hydrogen) atoms. The van der Waals surface area contributed by atoms with E-state index in [2.05, 4.69) is 19.2 Å². The third-order valence-corrected chi connectivity index (χ3v) is 11.2. The molecule has 0 aliphatic carbocycles. The number of unbranched alkanes of at least 4 members (excludes halogenated alkanes) is 20. The summed E-state index contributed by atoms with van der Waals surface area (Å²) >= 11 is 0. The molecule has 2 heterocycles. The molecule has 2 rings (SSSR count). The number of ether oxygens (including phenoxy) is 4. The molecule has 336 valence electrons. The monoisotopic (exact) mass is 820 g/mol. The van der Waals surface area contributed by atoms with Crippen molar-refractivity contribution >= 4 is 5.91 Å². The Morgan fingerprint density at radius 1 is 0.614 bits per heavy atom. The fraction of sp³-hybridized carbons (Fsp3) is 0.930. The number of nitrogens with one attached hydrogen (secondary N) is 1. The molecule has 2 fully saturated rings. The molecule has 0 spiro atoms. The van der Waals surface area contributed by atoms with Gasteiger partial charge in [0.05, 0.1) is 32.0 Å². The highest BCUT2D eigenvalue weighted by Gasteiger charge is 2.50. The lowest BCUT2D eigenvalue weighted by Crippen LogP contribution is -2.65. The van der Waals surface area contributed by atoms with Gasteiger partial charge in [-0.3, -0.25) is 4.79 Å². The van der Waals surface area contributed by atoms with Crippen LogP contribution in [-0.2, 0) is 23.7 Å². The summed E-state index contributed by atoms with van der Waals surface area (Å²) in [4.78, 5) is 13.1. The summed E-state index contributed by atoms with van der Waals surface area (Å²) in [7, 11) is 0. The minimum Gasteiger partial charge on any atom is -0.394 e. The van der Waals surface area contributed by atoms with Gasteiger partial charge in [-0.1, -0.05) is 148 Å². The molecule has 0 radical (unpaired) electrons. The van der Waals surface area contributed by atoms with E-state index in [0.29, 0.717) is 6.42 Å². The molecule has 9 N–H and O–H groups in total. The highest BCUT2D eigenvalue weighted by molar-refractivity contribution is 5.76. The van der Waals surface area contributed by atoms with Gasteiger partial charge in [-0.05, 0) is 19.3 Å². The van der Waals surface area contributed by atoms with Crippen LogP contribution in [0.5, 0.6) is 0 Å². The first kappa shape index (κ1) is 51.9. The van der Waals surface area contributed by atoms with Gasteiger partial charge in [0.25, 0.3) is 0 Å². The molecular formula is C43H81NO13. The molecule has 0 aromatic carbocycles. The van der Waals surface area contributed by atoms with Gasteiger partial charge in [-0.25, -0.2) is 0 Å². The van der Waals surface area contributed by atoms with Crippen molar-refractivity contribution in [1.82, 2.24) is 5.32 Å². The van der Waals surface area contributed by atoms with Gasteiger partial charge in [-0.15, -0.1) is 0 Å². The Hall–Kier alpha value is -1.27. The Labute approximate surface area is 342 Å². The maximum Gasteiger partial charge on any atom is 0.220 e. The summed E-state index contributed by atoms with van der Waals surface area (Å²) in [6.45, 7) is 2.73. The van der Waals surface area contributed by atoms with E-state index < -0.39 is 86.8 Å². The van der Waals surface area contributed by atoms with Crippen molar-refractivity contribution in [2.45, 2.75) is 235 Å². The summed E-state index contributed by atoms with van der Waals surface area (Å²) < 4.78 is 22.6. The first-order valence-electron chi connectivity index (χ1n) is 22.4. The van der Waals surface area contributed by atoms with Crippen LogP contribution in [-0.4, -0.2) is 140 Å². The zero-order valence-electron chi connectivity index (χ0n) is 35.1. The van der Waals surface area contributed by atoms with Gasteiger partial charge < -0.3 is 65.1 Å². The molecule has 12 unspecified atom stereocenters. The zero-order chi connectivity index (χ0) is 41.8. The third kappa shape index (κ3) is 20.2. The predicted octanol–water partition coefficient (Wildman–Crippen LogP) is 4.04. The van der Waals surface area contributed by atoms with E-state index in [1.54, 1.807) is 6.08 Å². The second-order valence-electron chi connectivity index (χ2n) is 16.2. The van der Waals surface area contributed by atoms with Crippen LogP contribution in [0.3, 0.4) is 0 Å². The fourth-order valence-corrected chi connectivity index (χ4v) is 7.47. The smallest absolute Gasteiger partial charge is 0.220 e. The zero-order valence-corrected chi connectivity index (χ0v) is 35.1. The van der Waals surface area contributed by atoms with Gasteiger partial charge in [0.15, 0.2) is 12.6 Å². The normalized spacial score (nSPS) is 29.2. The van der Waals surface area contributed by atoms with Crippen LogP contribution in [0.4, 0.5) is 0 Å². The summed E-state index contributed by atoms with van der Waals surface area (Å²) in [6.07, 6.45) is 12.7. The minimum absolute atomic E-state index is 0.242.